The second-order valence-electron chi connectivity index (χ2n) is 4.88. The fraction of sp³-hybridized carbons (Fsp3) is 0.625. The van der Waals surface area contributed by atoms with Gasteiger partial charge in [0.15, 0.2) is 0 Å². The van der Waals surface area contributed by atoms with Gasteiger partial charge in [-0.1, -0.05) is 19.1 Å². The summed E-state index contributed by atoms with van der Waals surface area (Å²) in [6.45, 7) is 5.57. The Balaban J connectivity index is 2.58. The molecule has 0 amide bonds. The normalized spacial score (nSPS) is 13.9. The average molecular weight is 313 g/mol. The minimum absolute atomic E-state index is 0.177. The van der Waals surface area contributed by atoms with Crippen LogP contribution in [0.5, 0.6) is 5.75 Å². The molecule has 1 rings (SSSR count). The first kappa shape index (κ1) is 18.3. The van der Waals surface area contributed by atoms with Crippen LogP contribution in [-0.2, 0) is 0 Å². The highest BCUT2D eigenvalue weighted by atomic mass is 32.2. The highest BCUT2D eigenvalue weighted by Crippen LogP contribution is 2.22. The maximum Gasteiger partial charge on any atom is 0.119 e. The van der Waals surface area contributed by atoms with Crippen LogP contribution in [0.1, 0.15) is 31.9 Å². The third-order valence-electron chi connectivity index (χ3n) is 3.04. The fourth-order valence-electron chi connectivity index (χ4n) is 1.93. The Bertz CT molecular complexity index is 372. The average Bonchev–Trinajstić information content (AvgIpc) is 2.51. The largest absolute Gasteiger partial charge is 0.494 e. The van der Waals surface area contributed by atoms with Gasteiger partial charge in [-0.2, -0.15) is 11.8 Å². The Kier molecular flexibility index (Phi) is 9.50. The summed E-state index contributed by atoms with van der Waals surface area (Å²) in [5.74, 6) is 2.31. The van der Waals surface area contributed by atoms with E-state index in [1.54, 1.807) is 11.8 Å². The zero-order chi connectivity index (χ0) is 15.5. The van der Waals surface area contributed by atoms with E-state index in [4.69, 9.17) is 9.84 Å². The summed E-state index contributed by atoms with van der Waals surface area (Å²) in [6, 6.07) is 8.40. The molecular formula is C16H27NO3S. The van der Waals surface area contributed by atoms with Gasteiger partial charge in [-0.15, -0.1) is 0 Å². The van der Waals surface area contributed by atoms with E-state index in [0.717, 1.165) is 24.5 Å². The quantitative estimate of drug-likeness (QED) is 0.585. The molecule has 0 saturated heterocycles. The minimum Gasteiger partial charge on any atom is -0.494 e. The standard InChI is InChI=1S/C16H27NO3S/c1-3-9-17-16(12-21-11-14(19)10-18)13-5-7-15(8-6-13)20-4-2/h5-8,14,16-19H,3-4,9-12H2,1-2H3. The highest BCUT2D eigenvalue weighted by Gasteiger charge is 2.12. The summed E-state index contributed by atoms with van der Waals surface area (Å²) in [5, 5.41) is 21.8. The molecule has 0 aliphatic carbocycles. The number of ether oxygens (including phenoxy) is 1. The third-order valence-corrected chi connectivity index (χ3v) is 4.23. The van der Waals surface area contributed by atoms with Crippen molar-refractivity contribution in [2.45, 2.75) is 32.4 Å². The Hall–Kier alpha value is -0.750. The van der Waals surface area contributed by atoms with E-state index in [1.165, 1.54) is 5.56 Å². The van der Waals surface area contributed by atoms with Gasteiger partial charge in [-0.25, -0.2) is 0 Å². The molecule has 2 atom stereocenters. The number of thioether (sulfide) groups is 1. The zero-order valence-corrected chi connectivity index (χ0v) is 13.7. The van der Waals surface area contributed by atoms with Crippen molar-refractivity contribution in [1.82, 2.24) is 5.32 Å². The summed E-state index contributed by atoms with van der Waals surface area (Å²) in [7, 11) is 0. The molecule has 0 aromatic heterocycles. The van der Waals surface area contributed by atoms with Gasteiger partial charge in [0.25, 0.3) is 0 Å². The molecule has 1 aromatic carbocycles. The number of aliphatic hydroxyl groups is 2. The summed E-state index contributed by atoms with van der Waals surface area (Å²) < 4.78 is 5.46. The van der Waals surface area contributed by atoms with Crippen molar-refractivity contribution in [3.63, 3.8) is 0 Å². The lowest BCUT2D eigenvalue weighted by Gasteiger charge is -2.19. The van der Waals surface area contributed by atoms with E-state index in [1.807, 2.05) is 19.1 Å². The van der Waals surface area contributed by atoms with E-state index < -0.39 is 6.10 Å². The summed E-state index contributed by atoms with van der Waals surface area (Å²) >= 11 is 1.65. The predicted octanol–water partition coefficient (Wildman–Crippen LogP) is 2.21. The monoisotopic (exact) mass is 313 g/mol. The second-order valence-corrected chi connectivity index (χ2v) is 5.96. The van der Waals surface area contributed by atoms with E-state index in [-0.39, 0.29) is 12.6 Å². The zero-order valence-electron chi connectivity index (χ0n) is 12.9. The molecule has 0 aliphatic rings. The number of nitrogens with one attached hydrogen (secondary N) is 1. The lowest BCUT2D eigenvalue weighted by Crippen LogP contribution is -2.25. The molecule has 5 heteroatoms. The van der Waals surface area contributed by atoms with Crippen LogP contribution in [0.3, 0.4) is 0 Å². The second kappa shape index (κ2) is 10.9. The van der Waals surface area contributed by atoms with E-state index in [0.29, 0.717) is 12.4 Å². The van der Waals surface area contributed by atoms with Gasteiger partial charge in [0.2, 0.25) is 0 Å². The Morgan fingerprint density at radius 2 is 1.90 bits per heavy atom. The van der Waals surface area contributed by atoms with Crippen LogP contribution in [0.2, 0.25) is 0 Å². The number of hydrogen-bond acceptors (Lipinski definition) is 5. The molecule has 3 N–H and O–H groups in total. The number of hydrogen-bond donors (Lipinski definition) is 3. The van der Waals surface area contributed by atoms with Gasteiger partial charge in [0.1, 0.15) is 5.75 Å². The first-order valence-corrected chi connectivity index (χ1v) is 8.69. The van der Waals surface area contributed by atoms with Crippen LogP contribution < -0.4 is 10.1 Å². The third kappa shape index (κ3) is 7.18. The lowest BCUT2D eigenvalue weighted by atomic mass is 10.1. The van der Waals surface area contributed by atoms with Crippen molar-refractivity contribution in [1.29, 1.82) is 0 Å². The number of rotatable bonds is 11. The molecule has 120 valence electrons. The number of aliphatic hydroxyl groups excluding tert-OH is 2. The van der Waals surface area contributed by atoms with Gasteiger partial charge in [0, 0.05) is 17.5 Å². The molecule has 0 aliphatic heterocycles. The molecule has 0 heterocycles. The Morgan fingerprint density at radius 1 is 1.19 bits per heavy atom. The maximum absolute atomic E-state index is 9.41. The van der Waals surface area contributed by atoms with Gasteiger partial charge in [0.05, 0.1) is 19.3 Å². The van der Waals surface area contributed by atoms with Crippen molar-refractivity contribution >= 4 is 11.8 Å². The first-order chi connectivity index (χ1) is 10.2. The fourth-order valence-corrected chi connectivity index (χ4v) is 2.99. The molecular weight excluding hydrogens is 286 g/mol. The molecule has 0 radical (unpaired) electrons. The van der Waals surface area contributed by atoms with Gasteiger partial charge >= 0.3 is 0 Å². The van der Waals surface area contributed by atoms with Crippen LogP contribution in [0.15, 0.2) is 24.3 Å². The van der Waals surface area contributed by atoms with E-state index in [2.05, 4.69) is 24.4 Å². The highest BCUT2D eigenvalue weighted by molar-refractivity contribution is 7.99. The molecule has 1 aromatic rings. The van der Waals surface area contributed by atoms with Crippen LogP contribution in [0.25, 0.3) is 0 Å². The van der Waals surface area contributed by atoms with Crippen LogP contribution >= 0.6 is 11.8 Å². The van der Waals surface area contributed by atoms with Crippen LogP contribution in [-0.4, -0.2) is 47.6 Å². The van der Waals surface area contributed by atoms with Crippen molar-refractivity contribution in [3.05, 3.63) is 29.8 Å². The van der Waals surface area contributed by atoms with E-state index >= 15 is 0 Å². The lowest BCUT2D eigenvalue weighted by molar-refractivity contribution is 0.113. The molecule has 21 heavy (non-hydrogen) atoms. The smallest absolute Gasteiger partial charge is 0.119 e. The van der Waals surface area contributed by atoms with Crippen molar-refractivity contribution in [2.75, 3.05) is 31.3 Å². The Morgan fingerprint density at radius 3 is 2.48 bits per heavy atom. The van der Waals surface area contributed by atoms with Gasteiger partial charge in [-0.3, -0.25) is 0 Å². The summed E-state index contributed by atoms with van der Waals surface area (Å²) in [4.78, 5) is 0. The van der Waals surface area contributed by atoms with Crippen molar-refractivity contribution in [3.8, 4) is 5.75 Å². The summed E-state index contributed by atoms with van der Waals surface area (Å²) in [5.41, 5.74) is 1.22. The molecule has 0 bridgehead atoms. The first-order valence-electron chi connectivity index (χ1n) is 7.54. The minimum atomic E-state index is -0.637. The Labute approximate surface area is 131 Å². The molecule has 2 unspecified atom stereocenters. The maximum atomic E-state index is 9.41. The van der Waals surface area contributed by atoms with Crippen LogP contribution in [0, 0.1) is 0 Å². The molecule has 4 nitrogen and oxygen atoms in total. The summed E-state index contributed by atoms with van der Waals surface area (Å²) in [6.07, 6.45) is 0.444. The number of benzene rings is 1. The molecule has 0 fully saturated rings. The van der Waals surface area contributed by atoms with Crippen molar-refractivity contribution in [2.24, 2.45) is 0 Å². The van der Waals surface area contributed by atoms with Crippen LogP contribution in [0.4, 0.5) is 0 Å². The van der Waals surface area contributed by atoms with Gasteiger partial charge < -0.3 is 20.3 Å². The topological polar surface area (TPSA) is 61.7 Å². The predicted molar refractivity (Wildman–Crippen MR) is 89.1 cm³/mol. The van der Waals surface area contributed by atoms with Gasteiger partial charge in [-0.05, 0) is 37.6 Å². The molecule has 0 spiro atoms. The van der Waals surface area contributed by atoms with Crippen molar-refractivity contribution < 1.29 is 14.9 Å². The molecule has 0 saturated carbocycles. The SMILES string of the molecule is CCCNC(CSCC(O)CO)c1ccc(OCC)cc1. The van der Waals surface area contributed by atoms with E-state index in [9.17, 15) is 5.11 Å².